The Bertz CT molecular complexity index is 839. The number of benzene rings is 1. The summed E-state index contributed by atoms with van der Waals surface area (Å²) in [4.78, 5) is 7.34. The van der Waals surface area contributed by atoms with Crippen molar-refractivity contribution in [1.29, 1.82) is 0 Å². The molecule has 0 saturated carbocycles. The standard InChI is InChI=1S/C24H39N7O/c1-19-11-16-31(17-12-19)15-5-13-25-24(27-18-23-29-28-20(2)30(23)3)26-14-10-21-6-8-22(32-4)9-7-21/h6-9,19H,5,10-18H2,1-4H3,(H2,25,26,27). The van der Waals surface area contributed by atoms with Crippen LogP contribution >= 0.6 is 0 Å². The second-order valence-electron chi connectivity index (χ2n) is 8.72. The van der Waals surface area contributed by atoms with Gasteiger partial charge in [0.05, 0.1) is 7.11 Å². The van der Waals surface area contributed by atoms with Crippen LogP contribution in [0, 0.1) is 12.8 Å². The Hall–Kier alpha value is -2.61. The number of likely N-dealkylation sites (tertiary alicyclic amines) is 1. The minimum absolute atomic E-state index is 0.499. The third-order valence-corrected chi connectivity index (χ3v) is 6.25. The zero-order valence-corrected chi connectivity index (χ0v) is 20.1. The molecule has 8 nitrogen and oxygen atoms in total. The molecule has 0 atom stereocenters. The molecule has 0 amide bonds. The first-order valence-corrected chi connectivity index (χ1v) is 11.8. The third kappa shape index (κ3) is 7.51. The van der Waals surface area contributed by atoms with E-state index in [1.54, 1.807) is 7.11 Å². The Morgan fingerprint density at radius 1 is 1.12 bits per heavy atom. The number of aliphatic imine (C=N–C) groups is 1. The first-order valence-electron chi connectivity index (χ1n) is 11.8. The smallest absolute Gasteiger partial charge is 0.191 e. The second kappa shape index (κ2) is 12.4. The van der Waals surface area contributed by atoms with Crippen LogP contribution in [0.15, 0.2) is 29.3 Å². The van der Waals surface area contributed by atoms with Crippen LogP contribution in [-0.2, 0) is 20.0 Å². The van der Waals surface area contributed by atoms with Gasteiger partial charge in [-0.2, -0.15) is 0 Å². The van der Waals surface area contributed by atoms with E-state index in [4.69, 9.17) is 9.73 Å². The first kappa shape index (κ1) is 24.0. The van der Waals surface area contributed by atoms with Crippen LogP contribution in [0.1, 0.15) is 43.4 Å². The van der Waals surface area contributed by atoms with Crippen molar-refractivity contribution in [2.24, 2.45) is 18.0 Å². The number of nitrogens with one attached hydrogen (secondary N) is 2. The summed E-state index contributed by atoms with van der Waals surface area (Å²) in [6, 6.07) is 8.21. The molecule has 1 aromatic carbocycles. The summed E-state index contributed by atoms with van der Waals surface area (Å²) in [7, 11) is 3.67. The number of aryl methyl sites for hydroxylation is 1. The number of ether oxygens (including phenoxy) is 1. The summed E-state index contributed by atoms with van der Waals surface area (Å²) in [6.07, 6.45) is 4.67. The van der Waals surface area contributed by atoms with Crippen LogP contribution in [0.4, 0.5) is 0 Å². The van der Waals surface area contributed by atoms with E-state index in [2.05, 4.69) is 44.8 Å². The van der Waals surface area contributed by atoms with Gasteiger partial charge in [0.25, 0.3) is 0 Å². The number of hydrogen-bond donors (Lipinski definition) is 2. The molecule has 1 fully saturated rings. The van der Waals surface area contributed by atoms with Crippen molar-refractivity contribution in [3.8, 4) is 5.75 Å². The lowest BCUT2D eigenvalue weighted by atomic mass is 9.99. The molecule has 0 unspecified atom stereocenters. The average molecular weight is 442 g/mol. The molecule has 8 heteroatoms. The SMILES string of the molecule is COc1ccc(CCNC(=NCc2nnc(C)n2C)NCCCN2CCC(C)CC2)cc1. The van der Waals surface area contributed by atoms with Crippen molar-refractivity contribution >= 4 is 5.96 Å². The van der Waals surface area contributed by atoms with E-state index in [9.17, 15) is 0 Å². The minimum Gasteiger partial charge on any atom is -0.497 e. The Balaban J connectivity index is 1.48. The Morgan fingerprint density at radius 3 is 2.50 bits per heavy atom. The highest BCUT2D eigenvalue weighted by Crippen LogP contribution is 2.15. The molecule has 32 heavy (non-hydrogen) atoms. The van der Waals surface area contributed by atoms with Crippen molar-refractivity contribution in [2.75, 3.05) is 39.8 Å². The van der Waals surface area contributed by atoms with E-state index in [1.807, 2.05) is 30.7 Å². The van der Waals surface area contributed by atoms with E-state index in [0.717, 1.165) is 61.8 Å². The first-order chi connectivity index (χ1) is 15.5. The van der Waals surface area contributed by atoms with Crippen molar-refractivity contribution in [3.63, 3.8) is 0 Å². The topological polar surface area (TPSA) is 79.6 Å². The predicted molar refractivity (Wildman–Crippen MR) is 129 cm³/mol. The zero-order valence-electron chi connectivity index (χ0n) is 20.1. The highest BCUT2D eigenvalue weighted by molar-refractivity contribution is 5.79. The highest BCUT2D eigenvalue weighted by atomic mass is 16.5. The Kier molecular flexibility index (Phi) is 9.34. The van der Waals surface area contributed by atoms with E-state index in [-0.39, 0.29) is 0 Å². The number of rotatable bonds is 10. The Labute approximate surface area is 192 Å². The van der Waals surface area contributed by atoms with Gasteiger partial charge in [0.15, 0.2) is 11.8 Å². The van der Waals surface area contributed by atoms with Crippen LogP contribution in [0.2, 0.25) is 0 Å². The molecule has 2 heterocycles. The molecule has 1 aromatic heterocycles. The lowest BCUT2D eigenvalue weighted by molar-refractivity contribution is 0.191. The van der Waals surface area contributed by atoms with E-state index < -0.39 is 0 Å². The van der Waals surface area contributed by atoms with Crippen LogP contribution < -0.4 is 15.4 Å². The molecule has 176 valence electrons. The molecule has 1 aliphatic rings. The number of hydrogen-bond acceptors (Lipinski definition) is 5. The van der Waals surface area contributed by atoms with Gasteiger partial charge in [-0.1, -0.05) is 19.1 Å². The fourth-order valence-electron chi connectivity index (χ4n) is 3.83. The summed E-state index contributed by atoms with van der Waals surface area (Å²) < 4.78 is 7.22. The molecule has 1 saturated heterocycles. The Morgan fingerprint density at radius 2 is 1.84 bits per heavy atom. The van der Waals surface area contributed by atoms with Crippen molar-refractivity contribution in [1.82, 2.24) is 30.3 Å². The van der Waals surface area contributed by atoms with Crippen molar-refractivity contribution in [2.45, 2.75) is 46.1 Å². The molecule has 3 rings (SSSR count). The van der Waals surface area contributed by atoms with Gasteiger partial charge >= 0.3 is 0 Å². The predicted octanol–water partition coefficient (Wildman–Crippen LogP) is 2.53. The van der Waals surface area contributed by atoms with Gasteiger partial charge in [0, 0.05) is 20.1 Å². The maximum Gasteiger partial charge on any atom is 0.191 e. The third-order valence-electron chi connectivity index (χ3n) is 6.25. The van der Waals surface area contributed by atoms with Crippen LogP contribution in [0.5, 0.6) is 5.75 Å². The molecule has 1 aliphatic heterocycles. The summed E-state index contributed by atoms with van der Waals surface area (Å²) in [5.74, 6) is 4.34. The summed E-state index contributed by atoms with van der Waals surface area (Å²) in [5, 5.41) is 15.3. The van der Waals surface area contributed by atoms with Gasteiger partial charge in [0.1, 0.15) is 18.1 Å². The molecular formula is C24H39N7O. The van der Waals surface area contributed by atoms with Crippen molar-refractivity contribution in [3.05, 3.63) is 41.5 Å². The molecule has 0 radical (unpaired) electrons. The minimum atomic E-state index is 0.499. The van der Waals surface area contributed by atoms with Gasteiger partial charge in [-0.25, -0.2) is 4.99 Å². The van der Waals surface area contributed by atoms with E-state index >= 15 is 0 Å². The summed E-state index contributed by atoms with van der Waals surface area (Å²) in [5.41, 5.74) is 1.26. The number of guanidine groups is 1. The maximum atomic E-state index is 5.24. The monoisotopic (exact) mass is 441 g/mol. The van der Waals surface area contributed by atoms with Gasteiger partial charge in [0.2, 0.25) is 0 Å². The van der Waals surface area contributed by atoms with Gasteiger partial charge in [-0.05, 0) is 75.9 Å². The van der Waals surface area contributed by atoms with E-state index in [1.165, 1.54) is 31.5 Å². The highest BCUT2D eigenvalue weighted by Gasteiger charge is 2.14. The molecule has 0 bridgehead atoms. The lowest BCUT2D eigenvalue weighted by Crippen LogP contribution is -2.40. The molecule has 0 aliphatic carbocycles. The fraction of sp³-hybridized carbons (Fsp3) is 0.625. The van der Waals surface area contributed by atoms with Crippen LogP contribution in [0.3, 0.4) is 0 Å². The van der Waals surface area contributed by atoms with Gasteiger partial charge in [-0.3, -0.25) is 0 Å². The van der Waals surface area contributed by atoms with Gasteiger partial charge < -0.3 is 24.8 Å². The van der Waals surface area contributed by atoms with Crippen molar-refractivity contribution < 1.29 is 4.74 Å². The fourth-order valence-corrected chi connectivity index (χ4v) is 3.83. The summed E-state index contributed by atoms with van der Waals surface area (Å²) in [6.45, 7) is 10.1. The number of methoxy groups -OCH3 is 1. The maximum absolute atomic E-state index is 5.24. The molecule has 2 N–H and O–H groups in total. The molecule has 0 spiro atoms. The molecule has 2 aromatic rings. The number of nitrogens with zero attached hydrogens (tertiary/aromatic N) is 5. The quantitative estimate of drug-likeness (QED) is 0.335. The van der Waals surface area contributed by atoms with E-state index in [0.29, 0.717) is 6.54 Å². The van der Waals surface area contributed by atoms with Gasteiger partial charge in [-0.15, -0.1) is 10.2 Å². The largest absolute Gasteiger partial charge is 0.497 e. The number of aromatic nitrogens is 3. The van der Waals surface area contributed by atoms with Crippen LogP contribution in [-0.4, -0.2) is 65.5 Å². The summed E-state index contributed by atoms with van der Waals surface area (Å²) >= 11 is 0. The zero-order chi connectivity index (χ0) is 22.8. The van der Waals surface area contributed by atoms with Crippen LogP contribution in [0.25, 0.3) is 0 Å². The molecular weight excluding hydrogens is 402 g/mol. The normalized spacial score (nSPS) is 15.7. The lowest BCUT2D eigenvalue weighted by Gasteiger charge is -2.30. The average Bonchev–Trinajstić information content (AvgIpc) is 3.13. The number of piperidine rings is 1. The second-order valence-corrected chi connectivity index (χ2v) is 8.72.